The number of nitrogens with two attached hydrogens (primary N) is 1. The van der Waals surface area contributed by atoms with Crippen LogP contribution in [0.15, 0.2) is 24.3 Å². The number of ether oxygens (including phenoxy) is 1. The molecule has 0 spiro atoms. The predicted molar refractivity (Wildman–Crippen MR) is 81.5 cm³/mol. The topological polar surface area (TPSA) is 53.1 Å². The van der Waals surface area contributed by atoms with E-state index >= 15 is 0 Å². The Kier molecular flexibility index (Phi) is 3.99. The van der Waals surface area contributed by atoms with Crippen LogP contribution in [0.1, 0.15) is 25.6 Å². The van der Waals surface area contributed by atoms with Gasteiger partial charge in [0.15, 0.2) is 0 Å². The third kappa shape index (κ3) is 2.35. The second-order valence-electron chi connectivity index (χ2n) is 4.85. The smallest absolute Gasteiger partial charge is 0.132 e. The molecule has 4 heteroatoms. The van der Waals surface area contributed by atoms with Gasteiger partial charge in [0.05, 0.1) is 13.7 Å². The molecule has 1 heterocycles. The van der Waals surface area contributed by atoms with Gasteiger partial charge >= 0.3 is 0 Å². The number of rotatable bonds is 4. The summed E-state index contributed by atoms with van der Waals surface area (Å²) in [5.41, 5.74) is 7.84. The van der Waals surface area contributed by atoms with Gasteiger partial charge in [-0.1, -0.05) is 31.9 Å². The third-order valence-electron chi connectivity index (χ3n) is 3.16. The average molecular weight is 269 g/mol. The number of terminal acetylenes is 1. The van der Waals surface area contributed by atoms with Crippen LogP contribution >= 0.6 is 0 Å². The number of nitrogen functional groups attached to an aromatic ring is 1. The van der Waals surface area contributed by atoms with Gasteiger partial charge in [0.2, 0.25) is 0 Å². The fourth-order valence-corrected chi connectivity index (χ4v) is 2.22. The maximum absolute atomic E-state index is 6.23. The summed E-state index contributed by atoms with van der Waals surface area (Å²) < 4.78 is 7.26. The van der Waals surface area contributed by atoms with Crippen LogP contribution in [-0.4, -0.2) is 16.7 Å². The van der Waals surface area contributed by atoms with E-state index in [0.29, 0.717) is 12.4 Å². The van der Waals surface area contributed by atoms with Crippen molar-refractivity contribution in [3.63, 3.8) is 0 Å². The lowest BCUT2D eigenvalue weighted by Gasteiger charge is -2.08. The van der Waals surface area contributed by atoms with Crippen molar-refractivity contribution in [3.05, 3.63) is 30.1 Å². The summed E-state index contributed by atoms with van der Waals surface area (Å²) >= 11 is 0. The molecule has 1 aromatic carbocycles. The van der Waals surface area contributed by atoms with Gasteiger partial charge in [-0.15, -0.1) is 6.42 Å². The molecule has 20 heavy (non-hydrogen) atoms. The Morgan fingerprint density at radius 2 is 2.10 bits per heavy atom. The van der Waals surface area contributed by atoms with Crippen LogP contribution in [0.3, 0.4) is 0 Å². The molecule has 0 bridgehead atoms. The Balaban J connectivity index is 2.64. The van der Waals surface area contributed by atoms with E-state index in [9.17, 15) is 0 Å². The van der Waals surface area contributed by atoms with Crippen molar-refractivity contribution in [2.75, 3.05) is 12.8 Å². The van der Waals surface area contributed by atoms with Crippen molar-refractivity contribution in [2.45, 2.75) is 26.3 Å². The zero-order valence-electron chi connectivity index (χ0n) is 12.1. The lowest BCUT2D eigenvalue weighted by atomic mass is 10.1. The van der Waals surface area contributed by atoms with Crippen LogP contribution in [0.25, 0.3) is 11.3 Å². The van der Waals surface area contributed by atoms with E-state index in [1.807, 2.05) is 28.8 Å². The van der Waals surface area contributed by atoms with Crippen LogP contribution in [-0.2, 0) is 6.54 Å². The van der Waals surface area contributed by atoms with Crippen LogP contribution < -0.4 is 10.5 Å². The van der Waals surface area contributed by atoms with E-state index < -0.39 is 0 Å². The molecular formula is C16H19N3O. The highest BCUT2D eigenvalue weighted by Crippen LogP contribution is 2.34. The van der Waals surface area contributed by atoms with Crippen molar-refractivity contribution in [1.29, 1.82) is 0 Å². The minimum atomic E-state index is 0.245. The molecule has 0 saturated carbocycles. The number of hydrogen-bond acceptors (Lipinski definition) is 3. The number of para-hydroxylation sites is 1. The molecule has 1 aromatic heterocycles. The average Bonchev–Trinajstić information content (AvgIpc) is 2.77. The molecular weight excluding hydrogens is 250 g/mol. The molecule has 4 nitrogen and oxygen atoms in total. The second-order valence-corrected chi connectivity index (χ2v) is 4.85. The molecule has 2 rings (SSSR count). The molecule has 0 fully saturated rings. The fraction of sp³-hybridized carbons (Fsp3) is 0.312. The summed E-state index contributed by atoms with van der Waals surface area (Å²) in [6.45, 7) is 4.56. The zero-order chi connectivity index (χ0) is 14.7. The summed E-state index contributed by atoms with van der Waals surface area (Å²) in [6.07, 6.45) is 5.42. The van der Waals surface area contributed by atoms with Gasteiger partial charge in [-0.2, -0.15) is 0 Å². The van der Waals surface area contributed by atoms with Crippen molar-refractivity contribution in [1.82, 2.24) is 9.55 Å². The normalized spacial score (nSPS) is 10.6. The second kappa shape index (κ2) is 5.70. The predicted octanol–water partition coefficient (Wildman–Crippen LogP) is 2.90. The van der Waals surface area contributed by atoms with E-state index in [2.05, 4.69) is 24.8 Å². The number of imidazole rings is 1. The largest absolute Gasteiger partial charge is 0.496 e. The van der Waals surface area contributed by atoms with Gasteiger partial charge in [0.1, 0.15) is 23.1 Å². The van der Waals surface area contributed by atoms with Crippen LogP contribution in [0.5, 0.6) is 5.75 Å². The monoisotopic (exact) mass is 269 g/mol. The van der Waals surface area contributed by atoms with E-state index in [1.165, 1.54) is 0 Å². The summed E-state index contributed by atoms with van der Waals surface area (Å²) in [7, 11) is 1.64. The summed E-state index contributed by atoms with van der Waals surface area (Å²) in [6, 6.07) is 7.69. The number of benzene rings is 1. The van der Waals surface area contributed by atoms with Crippen LogP contribution in [0.2, 0.25) is 0 Å². The minimum Gasteiger partial charge on any atom is -0.496 e. The van der Waals surface area contributed by atoms with Crippen molar-refractivity contribution in [2.24, 2.45) is 0 Å². The van der Waals surface area contributed by atoms with E-state index in [0.717, 1.165) is 22.8 Å². The SMILES string of the molecule is C#CCn1c(C(C)C)nc(-c2ccccc2OC)c1N. The van der Waals surface area contributed by atoms with Gasteiger partial charge in [-0.25, -0.2) is 4.98 Å². The van der Waals surface area contributed by atoms with Crippen LogP contribution in [0, 0.1) is 12.3 Å². The first-order chi connectivity index (χ1) is 9.60. The van der Waals surface area contributed by atoms with E-state index in [-0.39, 0.29) is 5.92 Å². The van der Waals surface area contributed by atoms with Crippen molar-refractivity contribution < 1.29 is 4.74 Å². The Morgan fingerprint density at radius 1 is 1.40 bits per heavy atom. The minimum absolute atomic E-state index is 0.245. The highest BCUT2D eigenvalue weighted by molar-refractivity contribution is 5.76. The van der Waals surface area contributed by atoms with Gasteiger partial charge in [0, 0.05) is 11.5 Å². The fourth-order valence-electron chi connectivity index (χ4n) is 2.22. The quantitative estimate of drug-likeness (QED) is 0.868. The molecule has 2 N–H and O–H groups in total. The molecule has 0 aliphatic rings. The molecule has 0 unspecified atom stereocenters. The van der Waals surface area contributed by atoms with Crippen LogP contribution in [0.4, 0.5) is 5.82 Å². The maximum Gasteiger partial charge on any atom is 0.132 e. The highest BCUT2D eigenvalue weighted by Gasteiger charge is 2.19. The first-order valence-electron chi connectivity index (χ1n) is 6.52. The lowest BCUT2D eigenvalue weighted by Crippen LogP contribution is -2.07. The number of methoxy groups -OCH3 is 1. The standard InChI is InChI=1S/C16H19N3O/c1-5-10-19-15(17)14(18-16(19)11(2)3)12-8-6-7-9-13(12)20-4/h1,6-9,11H,10,17H2,2-4H3. The first kappa shape index (κ1) is 14.0. The Labute approximate surface area is 119 Å². The Hall–Kier alpha value is -2.41. The molecule has 0 atom stereocenters. The molecule has 104 valence electrons. The lowest BCUT2D eigenvalue weighted by molar-refractivity contribution is 0.416. The van der Waals surface area contributed by atoms with Crippen molar-refractivity contribution in [3.8, 4) is 29.4 Å². The number of anilines is 1. The molecule has 0 aliphatic heterocycles. The molecule has 0 radical (unpaired) electrons. The van der Waals surface area contributed by atoms with Gasteiger partial charge in [-0.3, -0.25) is 0 Å². The summed E-state index contributed by atoms with van der Waals surface area (Å²) in [4.78, 5) is 4.67. The number of nitrogens with zero attached hydrogens (tertiary/aromatic N) is 2. The number of hydrogen-bond donors (Lipinski definition) is 1. The van der Waals surface area contributed by atoms with E-state index in [4.69, 9.17) is 16.9 Å². The highest BCUT2D eigenvalue weighted by atomic mass is 16.5. The number of aromatic nitrogens is 2. The Morgan fingerprint density at radius 3 is 2.70 bits per heavy atom. The van der Waals surface area contributed by atoms with E-state index in [1.54, 1.807) is 7.11 Å². The third-order valence-corrected chi connectivity index (χ3v) is 3.16. The molecule has 0 amide bonds. The molecule has 0 aliphatic carbocycles. The Bertz CT molecular complexity index is 650. The van der Waals surface area contributed by atoms with Gasteiger partial charge in [0.25, 0.3) is 0 Å². The summed E-state index contributed by atoms with van der Waals surface area (Å²) in [5.74, 6) is 5.09. The van der Waals surface area contributed by atoms with Gasteiger partial charge < -0.3 is 15.0 Å². The van der Waals surface area contributed by atoms with Gasteiger partial charge in [-0.05, 0) is 12.1 Å². The first-order valence-corrected chi connectivity index (χ1v) is 6.52. The maximum atomic E-state index is 6.23. The molecule has 2 aromatic rings. The summed E-state index contributed by atoms with van der Waals surface area (Å²) in [5, 5.41) is 0. The molecule has 0 saturated heterocycles. The van der Waals surface area contributed by atoms with Crippen molar-refractivity contribution >= 4 is 5.82 Å². The zero-order valence-corrected chi connectivity index (χ0v) is 12.1.